The number of H-pyrrole nitrogens is 1. The van der Waals surface area contributed by atoms with Crippen LogP contribution in [-0.2, 0) is 23.7 Å². The van der Waals surface area contributed by atoms with Gasteiger partial charge in [-0.1, -0.05) is 29.8 Å². The summed E-state index contributed by atoms with van der Waals surface area (Å²) in [4.78, 5) is 30.9. The first-order valence-electron chi connectivity index (χ1n) is 12.3. The number of halogens is 3. The molecule has 1 saturated heterocycles. The zero-order valence-corrected chi connectivity index (χ0v) is 21.8. The monoisotopic (exact) mass is 544 g/mol. The summed E-state index contributed by atoms with van der Waals surface area (Å²) in [6.07, 6.45) is 2.26. The number of piperazine rings is 1. The average molecular weight is 545 g/mol. The van der Waals surface area contributed by atoms with E-state index in [1.807, 2.05) is 36.2 Å². The second-order valence-corrected chi connectivity index (χ2v) is 9.77. The molecule has 11 heteroatoms. The molecule has 0 aliphatic carbocycles. The van der Waals surface area contributed by atoms with Crippen LogP contribution in [0.3, 0.4) is 0 Å². The Bertz CT molecular complexity index is 1340. The van der Waals surface area contributed by atoms with Gasteiger partial charge >= 0.3 is 5.92 Å². The number of nitrogens with two attached hydrogens (primary N) is 1. The molecule has 0 radical (unpaired) electrons. The van der Waals surface area contributed by atoms with Gasteiger partial charge in [0.1, 0.15) is 0 Å². The first-order chi connectivity index (χ1) is 18.1. The molecule has 1 fully saturated rings. The Kier molecular flexibility index (Phi) is 8.53. The van der Waals surface area contributed by atoms with Crippen molar-refractivity contribution in [3.05, 3.63) is 86.8 Å². The highest BCUT2D eigenvalue weighted by Gasteiger charge is 2.44. The lowest BCUT2D eigenvalue weighted by Gasteiger charge is -2.34. The maximum atomic E-state index is 15.0. The highest BCUT2D eigenvalue weighted by Crippen LogP contribution is 2.34. The van der Waals surface area contributed by atoms with E-state index >= 15 is 8.78 Å². The Morgan fingerprint density at radius 2 is 1.84 bits per heavy atom. The predicted octanol–water partition coefficient (Wildman–Crippen LogP) is 3.74. The van der Waals surface area contributed by atoms with Gasteiger partial charge in [0.2, 0.25) is 0 Å². The molecule has 0 bridgehead atoms. The van der Waals surface area contributed by atoms with Crippen LogP contribution in [0.1, 0.15) is 16.7 Å². The number of amides is 1. The van der Waals surface area contributed by atoms with Crippen LogP contribution in [0.25, 0.3) is 0 Å². The molecule has 2 aromatic carbocycles. The third-order valence-corrected chi connectivity index (χ3v) is 6.85. The van der Waals surface area contributed by atoms with E-state index in [-0.39, 0.29) is 30.9 Å². The van der Waals surface area contributed by atoms with Crippen LogP contribution in [0, 0.1) is 0 Å². The van der Waals surface area contributed by atoms with Gasteiger partial charge in [-0.15, -0.1) is 0 Å². The maximum absolute atomic E-state index is 15.0. The Morgan fingerprint density at radius 1 is 1.08 bits per heavy atom. The van der Waals surface area contributed by atoms with Crippen molar-refractivity contribution >= 4 is 34.6 Å². The van der Waals surface area contributed by atoms with Crippen LogP contribution < -0.4 is 21.9 Å². The maximum Gasteiger partial charge on any atom is 0.350 e. The molecule has 1 aliphatic rings. The van der Waals surface area contributed by atoms with E-state index in [4.69, 9.17) is 17.3 Å². The van der Waals surface area contributed by atoms with Crippen molar-refractivity contribution in [3.8, 4) is 0 Å². The third kappa shape index (κ3) is 6.43. The van der Waals surface area contributed by atoms with Crippen molar-refractivity contribution in [2.24, 2.45) is 0 Å². The quantitative estimate of drug-likeness (QED) is 0.306. The van der Waals surface area contributed by atoms with Crippen molar-refractivity contribution in [1.82, 2.24) is 14.8 Å². The molecule has 0 spiro atoms. The number of hydrogen-bond acceptors (Lipinski definition) is 6. The number of nitrogens with zero attached hydrogens (tertiary/aromatic N) is 2. The smallest absolute Gasteiger partial charge is 0.350 e. The summed E-state index contributed by atoms with van der Waals surface area (Å²) in [5.41, 5.74) is 7.89. The van der Waals surface area contributed by atoms with E-state index in [0.29, 0.717) is 48.0 Å². The normalized spacial score (nSPS) is 14.4. The van der Waals surface area contributed by atoms with E-state index < -0.39 is 17.4 Å². The standard InChI is InChI=1S/C27H31ClF2N6O2/c1-35-11-13-36(14-12-35)26(38)27(29,30)19-5-6-24(22(31)16-19)34-17-21-23(8-10-33-25(21)37)32-9-7-18-3-2-4-20(28)15-18/h2-6,8,10,15-16,34H,7,9,11-14,17,31H2,1H3,(H2,32,33,37). The van der Waals surface area contributed by atoms with Crippen molar-refractivity contribution in [1.29, 1.82) is 0 Å². The minimum Gasteiger partial charge on any atom is -0.397 e. The van der Waals surface area contributed by atoms with Gasteiger partial charge < -0.3 is 31.2 Å². The van der Waals surface area contributed by atoms with Gasteiger partial charge in [0, 0.05) is 61.7 Å². The fourth-order valence-electron chi connectivity index (χ4n) is 4.32. The fraction of sp³-hybridized carbons (Fsp3) is 0.333. The van der Waals surface area contributed by atoms with Crippen LogP contribution in [0.5, 0.6) is 0 Å². The van der Waals surface area contributed by atoms with Gasteiger partial charge in [0.05, 0.1) is 16.9 Å². The van der Waals surface area contributed by atoms with E-state index in [0.717, 1.165) is 11.6 Å². The van der Waals surface area contributed by atoms with Crippen LogP contribution in [-0.4, -0.2) is 60.5 Å². The van der Waals surface area contributed by atoms with Gasteiger partial charge in [0.25, 0.3) is 11.5 Å². The number of alkyl halides is 2. The SMILES string of the molecule is CN1CCN(C(=O)C(F)(F)c2ccc(NCc3c(NCCc4cccc(Cl)c4)cc[nH]c3=O)c(N)c2)CC1. The summed E-state index contributed by atoms with van der Waals surface area (Å²) in [6.45, 7) is 2.27. The molecule has 1 amide bonds. The summed E-state index contributed by atoms with van der Waals surface area (Å²) >= 11 is 6.04. The molecule has 3 aromatic rings. The lowest BCUT2D eigenvalue weighted by Crippen LogP contribution is -2.51. The van der Waals surface area contributed by atoms with Gasteiger partial charge in [-0.3, -0.25) is 9.59 Å². The van der Waals surface area contributed by atoms with Crippen molar-refractivity contribution in [2.45, 2.75) is 18.9 Å². The average Bonchev–Trinajstić information content (AvgIpc) is 2.89. The fourth-order valence-corrected chi connectivity index (χ4v) is 4.53. The van der Waals surface area contributed by atoms with Crippen LogP contribution in [0.15, 0.2) is 59.5 Å². The number of nitrogens with one attached hydrogen (secondary N) is 3. The highest BCUT2D eigenvalue weighted by molar-refractivity contribution is 6.30. The molecular formula is C27H31ClF2N6O2. The molecule has 1 aliphatic heterocycles. The van der Waals surface area contributed by atoms with Crippen LogP contribution in [0.4, 0.5) is 25.8 Å². The van der Waals surface area contributed by atoms with E-state index in [1.165, 1.54) is 17.0 Å². The van der Waals surface area contributed by atoms with Crippen LogP contribution >= 0.6 is 11.6 Å². The Balaban J connectivity index is 1.41. The Hall–Kier alpha value is -3.63. The van der Waals surface area contributed by atoms with Crippen LogP contribution in [0.2, 0.25) is 5.02 Å². The summed E-state index contributed by atoms with van der Waals surface area (Å²) < 4.78 is 30.0. The second kappa shape index (κ2) is 11.8. The molecule has 1 aromatic heterocycles. The first kappa shape index (κ1) is 27.4. The zero-order chi connectivity index (χ0) is 27.3. The lowest BCUT2D eigenvalue weighted by atomic mass is 10.0. The highest BCUT2D eigenvalue weighted by atomic mass is 35.5. The molecule has 8 nitrogen and oxygen atoms in total. The number of likely N-dealkylation sites (N-methyl/N-ethyl adjacent to an activating group) is 1. The van der Waals surface area contributed by atoms with Gasteiger partial charge in [-0.2, -0.15) is 8.78 Å². The number of hydrogen-bond donors (Lipinski definition) is 4. The topological polar surface area (TPSA) is 106 Å². The second-order valence-electron chi connectivity index (χ2n) is 9.33. The number of rotatable bonds is 9. The summed E-state index contributed by atoms with van der Waals surface area (Å²) in [6, 6.07) is 13.0. The van der Waals surface area contributed by atoms with Gasteiger partial charge in [-0.05, 0) is 49.4 Å². The minimum absolute atomic E-state index is 0.0520. The number of aromatic amines is 1. The third-order valence-electron chi connectivity index (χ3n) is 6.61. The summed E-state index contributed by atoms with van der Waals surface area (Å²) in [5.74, 6) is -4.92. The van der Waals surface area contributed by atoms with Gasteiger partial charge in [-0.25, -0.2) is 0 Å². The molecule has 2 heterocycles. The predicted molar refractivity (Wildman–Crippen MR) is 147 cm³/mol. The number of nitrogen functional groups attached to an aromatic ring is 1. The van der Waals surface area contributed by atoms with Gasteiger partial charge in [0.15, 0.2) is 0 Å². The van der Waals surface area contributed by atoms with Crippen molar-refractivity contribution in [3.63, 3.8) is 0 Å². The van der Waals surface area contributed by atoms with Crippen molar-refractivity contribution in [2.75, 3.05) is 56.1 Å². The van der Waals surface area contributed by atoms with E-state index in [9.17, 15) is 9.59 Å². The number of pyridine rings is 1. The molecule has 0 unspecified atom stereocenters. The van der Waals surface area contributed by atoms with E-state index in [2.05, 4.69) is 15.6 Å². The number of benzene rings is 2. The zero-order valence-electron chi connectivity index (χ0n) is 21.1. The number of carbonyl (C=O) groups is 1. The number of carbonyl (C=O) groups excluding carboxylic acids is 1. The van der Waals surface area contributed by atoms with Crippen molar-refractivity contribution < 1.29 is 13.6 Å². The lowest BCUT2D eigenvalue weighted by molar-refractivity contribution is -0.160. The largest absolute Gasteiger partial charge is 0.397 e. The number of aromatic nitrogens is 1. The first-order valence-corrected chi connectivity index (χ1v) is 12.7. The Labute approximate surface area is 224 Å². The Morgan fingerprint density at radius 3 is 2.55 bits per heavy atom. The molecule has 4 rings (SSSR count). The molecular weight excluding hydrogens is 514 g/mol. The van der Waals surface area contributed by atoms with E-state index in [1.54, 1.807) is 12.3 Å². The molecule has 0 atom stereocenters. The molecule has 0 saturated carbocycles. The molecule has 38 heavy (non-hydrogen) atoms. The summed E-state index contributed by atoms with van der Waals surface area (Å²) in [5, 5.41) is 6.98. The summed E-state index contributed by atoms with van der Waals surface area (Å²) in [7, 11) is 1.88. The number of anilines is 3. The molecule has 5 N–H and O–H groups in total. The molecule has 202 valence electrons. The minimum atomic E-state index is -3.70.